The molecule has 0 bridgehead atoms. The highest BCUT2D eigenvalue weighted by Gasteiger charge is 2.35. The molecule has 0 aliphatic heterocycles. The van der Waals surface area contributed by atoms with Gasteiger partial charge in [0.15, 0.2) is 0 Å². The predicted octanol–water partition coefficient (Wildman–Crippen LogP) is 2.09. The third-order valence-corrected chi connectivity index (χ3v) is 5.13. The van der Waals surface area contributed by atoms with Crippen molar-refractivity contribution in [1.29, 1.82) is 0 Å². The molecule has 4 aromatic heterocycles. The van der Waals surface area contributed by atoms with E-state index < -0.39 is 34.2 Å². The lowest BCUT2D eigenvalue weighted by molar-refractivity contribution is 0.551. The van der Waals surface area contributed by atoms with Crippen molar-refractivity contribution in [2.45, 2.75) is 5.92 Å². The molecule has 0 saturated heterocycles. The largest absolute Gasteiger partial charge is 0.296 e. The van der Waals surface area contributed by atoms with E-state index in [9.17, 15) is 9.59 Å². The molecule has 0 unspecified atom stereocenters. The number of aromatic nitrogens is 8. The van der Waals surface area contributed by atoms with Crippen LogP contribution in [0.5, 0.6) is 0 Å². The van der Waals surface area contributed by atoms with Crippen LogP contribution < -0.4 is 11.1 Å². The maximum absolute atomic E-state index is 15.1. The molecule has 0 aliphatic carbocycles. The van der Waals surface area contributed by atoms with Gasteiger partial charge in [0.25, 0.3) is 11.1 Å². The van der Waals surface area contributed by atoms with Crippen LogP contribution >= 0.6 is 0 Å². The standard InChI is InChI=1S/C21H14F2N8O2/c22-10-2-1-3-11(23)14(10)15(16-18(28-30-20(16)32)12-8-24-4-6-26-12)17-19(29-31-21(17)33)13-9-25-5-7-27-13/h1-9,15H,(H2,28,30,32)(H2,29,31,33). The Bertz CT molecular complexity index is 1430. The van der Waals surface area contributed by atoms with Crippen LogP contribution in [0.2, 0.25) is 0 Å². The van der Waals surface area contributed by atoms with E-state index in [0.717, 1.165) is 12.1 Å². The van der Waals surface area contributed by atoms with Crippen molar-refractivity contribution >= 4 is 0 Å². The molecule has 5 aromatic rings. The van der Waals surface area contributed by atoms with Gasteiger partial charge in [-0.05, 0) is 12.1 Å². The lowest BCUT2D eigenvalue weighted by atomic mass is 9.83. The number of nitrogens with one attached hydrogen (secondary N) is 4. The molecule has 0 spiro atoms. The first-order valence-corrected chi connectivity index (χ1v) is 9.64. The number of benzene rings is 1. The van der Waals surface area contributed by atoms with Crippen molar-refractivity contribution in [1.82, 2.24) is 40.3 Å². The minimum absolute atomic E-state index is 0.116. The van der Waals surface area contributed by atoms with Crippen LogP contribution in [0, 0.1) is 11.6 Å². The van der Waals surface area contributed by atoms with Gasteiger partial charge in [-0.15, -0.1) is 0 Å². The van der Waals surface area contributed by atoms with Gasteiger partial charge in [0, 0.05) is 30.4 Å². The highest BCUT2D eigenvalue weighted by atomic mass is 19.1. The second-order valence-electron chi connectivity index (χ2n) is 6.99. The second kappa shape index (κ2) is 8.07. The van der Waals surface area contributed by atoms with Crippen LogP contribution in [0.15, 0.2) is 65.0 Å². The summed E-state index contributed by atoms with van der Waals surface area (Å²) in [6, 6.07) is 3.30. The maximum atomic E-state index is 15.1. The summed E-state index contributed by atoms with van der Waals surface area (Å²) < 4.78 is 30.2. The fourth-order valence-corrected chi connectivity index (χ4v) is 3.77. The molecule has 33 heavy (non-hydrogen) atoms. The number of rotatable bonds is 5. The van der Waals surface area contributed by atoms with Gasteiger partial charge in [-0.25, -0.2) is 8.78 Å². The number of nitrogens with zero attached hydrogens (tertiary/aromatic N) is 4. The summed E-state index contributed by atoms with van der Waals surface area (Å²) in [6.45, 7) is 0. The molecule has 12 heteroatoms. The van der Waals surface area contributed by atoms with Gasteiger partial charge in [-0.1, -0.05) is 6.07 Å². The molecule has 0 aliphatic rings. The molecular weight excluding hydrogens is 434 g/mol. The van der Waals surface area contributed by atoms with Crippen LogP contribution in [-0.2, 0) is 0 Å². The number of hydrogen-bond donors (Lipinski definition) is 4. The van der Waals surface area contributed by atoms with Gasteiger partial charge in [0.05, 0.1) is 40.8 Å². The van der Waals surface area contributed by atoms with Crippen molar-refractivity contribution in [2.75, 3.05) is 0 Å². The maximum Gasteiger partial charge on any atom is 0.268 e. The fraction of sp³-hybridized carbons (Fsp3) is 0.0476. The normalized spacial score (nSPS) is 11.2. The van der Waals surface area contributed by atoms with E-state index in [1.807, 2.05) is 0 Å². The zero-order valence-corrected chi connectivity index (χ0v) is 16.6. The highest BCUT2D eigenvalue weighted by molar-refractivity contribution is 5.67. The van der Waals surface area contributed by atoms with E-state index >= 15 is 8.78 Å². The van der Waals surface area contributed by atoms with Gasteiger partial charge in [0.2, 0.25) is 0 Å². The Labute approximate surface area is 182 Å². The second-order valence-corrected chi connectivity index (χ2v) is 6.99. The fourth-order valence-electron chi connectivity index (χ4n) is 3.77. The van der Waals surface area contributed by atoms with E-state index in [1.54, 1.807) is 0 Å². The molecule has 0 amide bonds. The summed E-state index contributed by atoms with van der Waals surface area (Å²) in [5.41, 5.74) is -1.35. The van der Waals surface area contributed by atoms with Crippen LogP contribution in [-0.4, -0.2) is 40.3 Å². The van der Waals surface area contributed by atoms with Gasteiger partial charge in [0.1, 0.15) is 23.0 Å². The molecule has 4 heterocycles. The van der Waals surface area contributed by atoms with Crippen LogP contribution in [0.25, 0.3) is 22.8 Å². The third-order valence-electron chi connectivity index (χ3n) is 5.13. The average molecular weight is 448 g/mol. The quantitative estimate of drug-likeness (QED) is 0.324. The van der Waals surface area contributed by atoms with Crippen LogP contribution in [0.4, 0.5) is 8.78 Å². The van der Waals surface area contributed by atoms with Crippen molar-refractivity contribution in [2.24, 2.45) is 0 Å². The summed E-state index contributed by atoms with van der Waals surface area (Å²) in [5, 5.41) is 10.2. The summed E-state index contributed by atoms with van der Waals surface area (Å²) >= 11 is 0. The predicted molar refractivity (Wildman–Crippen MR) is 112 cm³/mol. The topological polar surface area (TPSA) is 149 Å². The Balaban J connectivity index is 1.87. The molecule has 0 fully saturated rings. The Morgan fingerprint density at radius 1 is 0.667 bits per heavy atom. The molecule has 164 valence electrons. The minimum Gasteiger partial charge on any atom is -0.296 e. The van der Waals surface area contributed by atoms with Crippen molar-refractivity contribution in [3.05, 3.63) is 104 Å². The average Bonchev–Trinajstić information content (AvgIpc) is 3.40. The lowest BCUT2D eigenvalue weighted by Gasteiger charge is -2.18. The third kappa shape index (κ3) is 3.43. The molecule has 5 rings (SSSR count). The first kappa shape index (κ1) is 20.2. The first-order valence-electron chi connectivity index (χ1n) is 9.64. The highest BCUT2D eigenvalue weighted by Crippen LogP contribution is 2.38. The minimum atomic E-state index is -1.47. The van der Waals surface area contributed by atoms with Gasteiger partial charge in [-0.3, -0.25) is 49.9 Å². The summed E-state index contributed by atoms with van der Waals surface area (Å²) in [4.78, 5) is 42.3. The Hall–Kier alpha value is -4.74. The Kier molecular flexibility index (Phi) is 4.94. The van der Waals surface area contributed by atoms with E-state index in [0.29, 0.717) is 0 Å². The smallest absolute Gasteiger partial charge is 0.268 e. The number of halogens is 2. The van der Waals surface area contributed by atoms with Gasteiger partial charge < -0.3 is 0 Å². The SMILES string of the molecule is O=c1[nH][nH]c(-c2cnccn2)c1C(c1c(F)cccc1F)c1c(-c2cnccn2)[nH][nH]c1=O. The van der Waals surface area contributed by atoms with E-state index in [2.05, 4.69) is 40.3 Å². The zero-order valence-electron chi connectivity index (χ0n) is 16.6. The number of aromatic amines is 4. The van der Waals surface area contributed by atoms with E-state index in [1.165, 1.54) is 43.2 Å². The Morgan fingerprint density at radius 2 is 1.15 bits per heavy atom. The zero-order chi connectivity index (χ0) is 22.9. The van der Waals surface area contributed by atoms with Gasteiger partial charge >= 0.3 is 0 Å². The van der Waals surface area contributed by atoms with Crippen molar-refractivity contribution < 1.29 is 8.78 Å². The molecule has 0 radical (unpaired) electrons. The summed E-state index contributed by atoms with van der Waals surface area (Å²) in [7, 11) is 0. The summed E-state index contributed by atoms with van der Waals surface area (Å²) in [5.74, 6) is -3.34. The molecule has 10 nitrogen and oxygen atoms in total. The molecule has 0 saturated carbocycles. The molecule has 0 atom stereocenters. The first-order chi connectivity index (χ1) is 16.1. The number of H-pyrrole nitrogens is 4. The van der Waals surface area contributed by atoms with Crippen LogP contribution in [0.1, 0.15) is 22.6 Å². The number of hydrogen-bond acceptors (Lipinski definition) is 6. The molecule has 1 aromatic carbocycles. The van der Waals surface area contributed by atoms with Crippen LogP contribution in [0.3, 0.4) is 0 Å². The van der Waals surface area contributed by atoms with Gasteiger partial charge in [-0.2, -0.15) is 0 Å². The lowest BCUT2D eigenvalue weighted by Crippen LogP contribution is -2.22. The van der Waals surface area contributed by atoms with E-state index in [-0.39, 0.29) is 33.9 Å². The van der Waals surface area contributed by atoms with E-state index in [4.69, 9.17) is 0 Å². The monoisotopic (exact) mass is 448 g/mol. The van der Waals surface area contributed by atoms with Crippen molar-refractivity contribution in [3.8, 4) is 22.8 Å². The Morgan fingerprint density at radius 3 is 1.58 bits per heavy atom. The molecular formula is C21H14F2N8O2. The van der Waals surface area contributed by atoms with Crippen molar-refractivity contribution in [3.63, 3.8) is 0 Å². The summed E-state index contributed by atoms with van der Waals surface area (Å²) in [6.07, 6.45) is 8.43. The molecule has 4 N–H and O–H groups in total.